The highest BCUT2D eigenvalue weighted by Gasteiger charge is 2.36. The summed E-state index contributed by atoms with van der Waals surface area (Å²) in [7, 11) is -4.38. The fraction of sp³-hybridized carbons (Fsp3) is 0.217. The quantitative estimate of drug-likeness (QED) is 0.155. The third kappa shape index (κ3) is 5.22. The number of rotatable bonds is 9. The molecule has 34 heavy (non-hydrogen) atoms. The largest absolute Gasteiger partial charge is 0.480 e. The van der Waals surface area contributed by atoms with Crippen molar-refractivity contribution < 1.29 is 23.5 Å². The molecule has 3 rings (SSSR count). The van der Waals surface area contributed by atoms with E-state index in [2.05, 4.69) is 5.16 Å². The Morgan fingerprint density at radius 3 is 2.38 bits per heavy atom. The van der Waals surface area contributed by atoms with E-state index in [0.29, 0.717) is 29.2 Å². The summed E-state index contributed by atoms with van der Waals surface area (Å²) in [6, 6.07) is 12.2. The molecule has 0 bridgehead atoms. The van der Waals surface area contributed by atoms with Crippen LogP contribution in [0, 0.1) is 0 Å². The molecule has 0 aromatic heterocycles. The van der Waals surface area contributed by atoms with Crippen LogP contribution in [-0.4, -0.2) is 36.6 Å². The first-order chi connectivity index (χ1) is 16.1. The number of carboxylic acid groups (broad SMARTS) is 1. The zero-order valence-electron chi connectivity index (χ0n) is 18.1. The van der Waals surface area contributed by atoms with Gasteiger partial charge < -0.3 is 16.0 Å². The molecule has 180 valence electrons. The highest BCUT2D eigenvalue weighted by Crippen LogP contribution is 2.33. The van der Waals surface area contributed by atoms with Crippen molar-refractivity contribution in [2.45, 2.75) is 37.1 Å². The van der Waals surface area contributed by atoms with Crippen molar-refractivity contribution >= 4 is 61.5 Å². The number of aliphatic carboxylic acids is 1. The molecule has 8 nitrogen and oxygen atoms in total. The Labute approximate surface area is 207 Å². The fourth-order valence-corrected chi connectivity index (χ4v) is 6.06. The van der Waals surface area contributed by atoms with E-state index < -0.39 is 22.0 Å². The molecule has 0 fully saturated rings. The van der Waals surface area contributed by atoms with Crippen molar-refractivity contribution in [3.63, 3.8) is 0 Å². The predicted octanol–water partition coefficient (Wildman–Crippen LogP) is 5.08. The second kappa shape index (κ2) is 10.5. The van der Waals surface area contributed by atoms with Gasteiger partial charge in [0.2, 0.25) is 0 Å². The molecule has 0 aliphatic rings. The molecule has 0 spiro atoms. The molecular formula is C23H23Cl2N3O5S. The Kier molecular flexibility index (Phi) is 7.91. The van der Waals surface area contributed by atoms with Crippen LogP contribution in [0.4, 0.5) is 5.69 Å². The number of unbranched alkanes of at least 4 members (excludes halogenated alkanes) is 1. The van der Waals surface area contributed by atoms with Gasteiger partial charge in [-0.3, -0.25) is 4.31 Å². The van der Waals surface area contributed by atoms with Crippen LogP contribution >= 0.6 is 23.2 Å². The van der Waals surface area contributed by atoms with E-state index in [1.54, 1.807) is 30.3 Å². The molecule has 3 aromatic carbocycles. The number of amidine groups is 1. The van der Waals surface area contributed by atoms with E-state index in [1.165, 1.54) is 24.3 Å². The SMILES string of the molecule is CCCCC(C(=O)O)N(c1ccc2c(C(N)=NO)cccc2c1)S(=O)(=O)c1cc(Cl)cc(Cl)c1. The monoisotopic (exact) mass is 523 g/mol. The maximum atomic E-state index is 13.8. The summed E-state index contributed by atoms with van der Waals surface area (Å²) >= 11 is 12.1. The van der Waals surface area contributed by atoms with Gasteiger partial charge in [0, 0.05) is 15.6 Å². The second-order valence-electron chi connectivity index (χ2n) is 7.60. The fourth-order valence-electron chi connectivity index (χ4n) is 3.70. The summed E-state index contributed by atoms with van der Waals surface area (Å²) in [6.45, 7) is 1.89. The Bertz CT molecular complexity index is 1340. The highest BCUT2D eigenvalue weighted by molar-refractivity contribution is 7.93. The van der Waals surface area contributed by atoms with Gasteiger partial charge in [-0.2, -0.15) is 0 Å². The first-order valence-electron chi connectivity index (χ1n) is 10.3. The summed E-state index contributed by atoms with van der Waals surface area (Å²) in [6.07, 6.45) is 1.28. The molecule has 1 unspecified atom stereocenters. The van der Waals surface area contributed by atoms with E-state index in [1.807, 2.05) is 6.92 Å². The number of carboxylic acids is 1. The number of sulfonamides is 1. The summed E-state index contributed by atoms with van der Waals surface area (Å²) < 4.78 is 28.4. The molecule has 3 aromatic rings. The standard InChI is InChI=1S/C23H23Cl2N3O5S/c1-2-3-7-21(23(29)30)28(34(32,33)18-12-15(24)11-16(25)13-18)17-8-9-19-14(10-17)5-4-6-20(19)22(26)27-31/h4-6,8-13,21,31H,2-3,7H2,1H3,(H2,26,27)(H,29,30). The predicted molar refractivity (Wildman–Crippen MR) is 134 cm³/mol. The number of hydrogen-bond acceptors (Lipinski definition) is 5. The van der Waals surface area contributed by atoms with E-state index in [0.717, 1.165) is 4.31 Å². The molecule has 11 heteroatoms. The van der Waals surface area contributed by atoms with Gasteiger partial charge >= 0.3 is 5.97 Å². The molecule has 0 aliphatic heterocycles. The van der Waals surface area contributed by atoms with Gasteiger partial charge in [-0.05, 0) is 47.5 Å². The number of nitrogens with two attached hydrogens (primary N) is 1. The zero-order chi connectivity index (χ0) is 25.0. The molecule has 1 atom stereocenters. The van der Waals surface area contributed by atoms with Crippen molar-refractivity contribution in [1.82, 2.24) is 0 Å². The molecule has 0 saturated heterocycles. The number of nitrogens with zero attached hydrogens (tertiary/aromatic N) is 2. The van der Waals surface area contributed by atoms with Crippen LogP contribution in [0.2, 0.25) is 10.0 Å². The van der Waals surface area contributed by atoms with E-state index in [-0.39, 0.29) is 32.9 Å². The van der Waals surface area contributed by atoms with Gasteiger partial charge in [0.25, 0.3) is 10.0 Å². The maximum Gasteiger partial charge on any atom is 0.327 e. The van der Waals surface area contributed by atoms with E-state index in [4.69, 9.17) is 34.1 Å². The lowest BCUT2D eigenvalue weighted by atomic mass is 10.0. The molecule has 0 amide bonds. The van der Waals surface area contributed by atoms with Gasteiger partial charge in [0.15, 0.2) is 5.84 Å². The average Bonchev–Trinajstić information content (AvgIpc) is 2.79. The zero-order valence-corrected chi connectivity index (χ0v) is 20.5. The number of benzene rings is 3. The Balaban J connectivity index is 2.27. The summed E-state index contributed by atoms with van der Waals surface area (Å²) in [5.41, 5.74) is 6.36. The van der Waals surface area contributed by atoms with Crippen molar-refractivity contribution in [2.24, 2.45) is 10.9 Å². The van der Waals surface area contributed by atoms with E-state index >= 15 is 0 Å². The lowest BCUT2D eigenvalue weighted by Crippen LogP contribution is -2.45. The molecule has 0 aliphatic carbocycles. The van der Waals surface area contributed by atoms with Crippen LogP contribution in [0.5, 0.6) is 0 Å². The molecule has 4 N–H and O–H groups in total. The average molecular weight is 524 g/mol. The molecular weight excluding hydrogens is 501 g/mol. The number of anilines is 1. The summed E-state index contributed by atoms with van der Waals surface area (Å²) in [5.74, 6) is -1.39. The van der Waals surface area contributed by atoms with Gasteiger partial charge in [0.05, 0.1) is 10.6 Å². The maximum absolute atomic E-state index is 13.8. The lowest BCUT2D eigenvalue weighted by molar-refractivity contribution is -0.138. The summed E-state index contributed by atoms with van der Waals surface area (Å²) in [4.78, 5) is 12.0. The Morgan fingerprint density at radius 2 is 1.79 bits per heavy atom. The smallest absolute Gasteiger partial charge is 0.327 e. The van der Waals surface area contributed by atoms with Crippen LogP contribution in [0.25, 0.3) is 10.8 Å². The minimum atomic E-state index is -4.38. The third-order valence-electron chi connectivity index (χ3n) is 5.29. The first kappa shape index (κ1) is 25.6. The number of carbonyl (C=O) groups is 1. The number of oxime groups is 1. The number of halogens is 2. The number of fused-ring (bicyclic) bond motifs is 1. The lowest BCUT2D eigenvalue weighted by Gasteiger charge is -2.30. The van der Waals surface area contributed by atoms with Crippen LogP contribution < -0.4 is 10.0 Å². The molecule has 0 heterocycles. The minimum Gasteiger partial charge on any atom is -0.480 e. The third-order valence-corrected chi connectivity index (χ3v) is 7.55. The van der Waals surface area contributed by atoms with Crippen LogP contribution in [0.1, 0.15) is 31.7 Å². The first-order valence-corrected chi connectivity index (χ1v) is 12.5. The Hall–Kier alpha value is -3.01. The summed E-state index contributed by atoms with van der Waals surface area (Å²) in [5, 5.41) is 23.5. The molecule has 0 radical (unpaired) electrons. The minimum absolute atomic E-state index is 0.0988. The van der Waals surface area contributed by atoms with E-state index in [9.17, 15) is 18.3 Å². The Morgan fingerprint density at radius 1 is 1.12 bits per heavy atom. The second-order valence-corrected chi connectivity index (χ2v) is 10.3. The molecule has 0 saturated carbocycles. The highest BCUT2D eigenvalue weighted by atomic mass is 35.5. The van der Waals surface area contributed by atoms with Gasteiger partial charge in [-0.15, -0.1) is 0 Å². The van der Waals surface area contributed by atoms with Crippen molar-refractivity contribution in [2.75, 3.05) is 4.31 Å². The van der Waals surface area contributed by atoms with Crippen LogP contribution in [-0.2, 0) is 14.8 Å². The van der Waals surface area contributed by atoms with Gasteiger partial charge in [-0.25, -0.2) is 13.2 Å². The van der Waals surface area contributed by atoms with Gasteiger partial charge in [0.1, 0.15) is 6.04 Å². The van der Waals surface area contributed by atoms with Crippen molar-refractivity contribution in [1.29, 1.82) is 0 Å². The van der Waals surface area contributed by atoms with Crippen molar-refractivity contribution in [3.05, 3.63) is 70.2 Å². The normalized spacial score (nSPS) is 13.1. The van der Waals surface area contributed by atoms with Crippen LogP contribution in [0.15, 0.2) is 64.6 Å². The van der Waals surface area contributed by atoms with Crippen LogP contribution in [0.3, 0.4) is 0 Å². The van der Waals surface area contributed by atoms with Gasteiger partial charge in [-0.1, -0.05) is 72.4 Å². The topological polar surface area (TPSA) is 133 Å². The van der Waals surface area contributed by atoms with Crippen molar-refractivity contribution in [3.8, 4) is 0 Å². The number of hydrogen-bond donors (Lipinski definition) is 3.